The quantitative estimate of drug-likeness (QED) is 0.894. The van der Waals surface area contributed by atoms with E-state index in [4.69, 9.17) is 0 Å². The van der Waals surface area contributed by atoms with Crippen molar-refractivity contribution in [3.63, 3.8) is 0 Å². The fourth-order valence-electron chi connectivity index (χ4n) is 2.61. The Kier molecular flexibility index (Phi) is 4.04. The first kappa shape index (κ1) is 14.2. The number of aliphatic hydroxyl groups is 1. The summed E-state index contributed by atoms with van der Waals surface area (Å²) in [6.45, 7) is 2.35. The van der Waals surface area contributed by atoms with Gasteiger partial charge in [0, 0.05) is 24.3 Å². The molecule has 0 saturated carbocycles. The molecule has 1 unspecified atom stereocenters. The van der Waals surface area contributed by atoms with E-state index in [1.807, 2.05) is 19.1 Å². The van der Waals surface area contributed by atoms with Gasteiger partial charge in [0.05, 0.1) is 12.5 Å². The third-order valence-corrected chi connectivity index (χ3v) is 3.63. The molecular formula is C14H18F3NO. The van der Waals surface area contributed by atoms with Crippen LogP contribution in [0.2, 0.25) is 0 Å². The lowest BCUT2D eigenvalue weighted by atomic mass is 9.96. The van der Waals surface area contributed by atoms with Gasteiger partial charge in [-0.15, -0.1) is 0 Å². The number of piperidine rings is 1. The minimum atomic E-state index is -4.14. The van der Waals surface area contributed by atoms with Crippen molar-refractivity contribution in [3.05, 3.63) is 29.3 Å². The van der Waals surface area contributed by atoms with Gasteiger partial charge in [-0.2, -0.15) is 13.2 Å². The number of alkyl halides is 3. The lowest BCUT2D eigenvalue weighted by Crippen LogP contribution is -2.42. The van der Waals surface area contributed by atoms with Crippen molar-refractivity contribution in [2.24, 2.45) is 5.92 Å². The second-order valence-corrected chi connectivity index (χ2v) is 5.12. The van der Waals surface area contributed by atoms with E-state index in [-0.39, 0.29) is 19.6 Å². The number of hydrogen-bond acceptors (Lipinski definition) is 2. The van der Waals surface area contributed by atoms with Crippen molar-refractivity contribution in [1.82, 2.24) is 0 Å². The number of rotatable bonds is 2. The number of hydrogen-bond donors (Lipinski definition) is 1. The number of benzene rings is 1. The first-order chi connectivity index (χ1) is 8.91. The standard InChI is InChI=1S/C14H18F3NO/c1-10-4-5-13(11(7-10)9-19)18-6-2-3-12(8-18)14(15,16)17/h4-5,7,12,19H,2-3,6,8-9H2,1H3. The van der Waals surface area contributed by atoms with E-state index in [1.165, 1.54) is 0 Å². The van der Waals surface area contributed by atoms with Crippen LogP contribution < -0.4 is 4.90 Å². The summed E-state index contributed by atoms with van der Waals surface area (Å²) in [6, 6.07) is 5.50. The van der Waals surface area contributed by atoms with Crippen molar-refractivity contribution >= 4 is 5.69 Å². The van der Waals surface area contributed by atoms with Gasteiger partial charge >= 0.3 is 6.18 Å². The van der Waals surface area contributed by atoms with Crippen molar-refractivity contribution in [2.45, 2.75) is 32.5 Å². The zero-order valence-corrected chi connectivity index (χ0v) is 10.9. The Bertz CT molecular complexity index is 445. The normalized spacial score (nSPS) is 20.7. The summed E-state index contributed by atoms with van der Waals surface area (Å²) in [5.41, 5.74) is 2.42. The monoisotopic (exact) mass is 273 g/mol. The molecular weight excluding hydrogens is 255 g/mol. The molecule has 1 aliphatic heterocycles. The largest absolute Gasteiger partial charge is 0.393 e. The van der Waals surface area contributed by atoms with Gasteiger partial charge in [0.15, 0.2) is 0 Å². The Morgan fingerprint density at radius 2 is 2.11 bits per heavy atom. The predicted molar refractivity (Wildman–Crippen MR) is 68.1 cm³/mol. The van der Waals surface area contributed by atoms with Crippen LogP contribution in [-0.2, 0) is 6.61 Å². The molecule has 1 aromatic rings. The molecule has 0 bridgehead atoms. The molecule has 0 spiro atoms. The summed E-state index contributed by atoms with van der Waals surface area (Å²) >= 11 is 0. The second-order valence-electron chi connectivity index (χ2n) is 5.12. The van der Waals surface area contributed by atoms with E-state index in [9.17, 15) is 18.3 Å². The number of aryl methyl sites for hydroxylation is 1. The number of halogens is 3. The van der Waals surface area contributed by atoms with Gasteiger partial charge in [-0.05, 0) is 25.8 Å². The molecule has 1 heterocycles. The van der Waals surface area contributed by atoms with Crippen LogP contribution in [0.15, 0.2) is 18.2 Å². The summed E-state index contributed by atoms with van der Waals surface area (Å²) in [7, 11) is 0. The molecule has 2 rings (SSSR count). The number of aliphatic hydroxyl groups excluding tert-OH is 1. The molecule has 1 aliphatic rings. The van der Waals surface area contributed by atoms with E-state index in [0.29, 0.717) is 18.5 Å². The molecule has 1 fully saturated rings. The van der Waals surface area contributed by atoms with Crippen LogP contribution >= 0.6 is 0 Å². The molecule has 2 nitrogen and oxygen atoms in total. The second kappa shape index (κ2) is 5.41. The highest BCUT2D eigenvalue weighted by Crippen LogP contribution is 2.35. The maximum atomic E-state index is 12.8. The average Bonchev–Trinajstić information content (AvgIpc) is 2.37. The molecule has 0 amide bonds. The van der Waals surface area contributed by atoms with Gasteiger partial charge in [-0.25, -0.2) is 0 Å². The van der Waals surface area contributed by atoms with Gasteiger partial charge in [0.1, 0.15) is 0 Å². The van der Waals surface area contributed by atoms with E-state index >= 15 is 0 Å². The molecule has 0 aromatic heterocycles. The van der Waals surface area contributed by atoms with Gasteiger partial charge in [0.25, 0.3) is 0 Å². The van der Waals surface area contributed by atoms with Crippen molar-refractivity contribution in [1.29, 1.82) is 0 Å². The first-order valence-electron chi connectivity index (χ1n) is 6.44. The molecule has 1 atom stereocenters. The van der Waals surface area contributed by atoms with Crippen LogP contribution in [0.4, 0.5) is 18.9 Å². The summed E-state index contributed by atoms with van der Waals surface area (Å²) < 4.78 is 38.4. The summed E-state index contributed by atoms with van der Waals surface area (Å²) in [5.74, 6) is -1.27. The first-order valence-corrected chi connectivity index (χ1v) is 6.44. The van der Waals surface area contributed by atoms with E-state index in [1.54, 1.807) is 11.0 Å². The zero-order valence-electron chi connectivity index (χ0n) is 10.9. The average molecular weight is 273 g/mol. The van der Waals surface area contributed by atoms with Crippen LogP contribution in [0.5, 0.6) is 0 Å². The molecule has 1 aromatic carbocycles. The minimum absolute atomic E-state index is 0.0143. The predicted octanol–water partition coefficient (Wildman–Crippen LogP) is 3.27. The smallest absolute Gasteiger partial charge is 0.392 e. The Hall–Kier alpha value is -1.23. The lowest BCUT2D eigenvalue weighted by Gasteiger charge is -2.36. The zero-order chi connectivity index (χ0) is 14.0. The number of nitrogens with zero attached hydrogens (tertiary/aromatic N) is 1. The summed E-state index contributed by atoms with van der Waals surface area (Å²) in [6.07, 6.45) is -3.41. The topological polar surface area (TPSA) is 23.5 Å². The highest BCUT2D eigenvalue weighted by atomic mass is 19.4. The van der Waals surface area contributed by atoms with Crippen LogP contribution in [-0.4, -0.2) is 24.4 Å². The SMILES string of the molecule is Cc1ccc(N2CCCC(C(F)(F)F)C2)c(CO)c1. The maximum absolute atomic E-state index is 12.8. The van der Waals surface area contributed by atoms with E-state index < -0.39 is 12.1 Å². The van der Waals surface area contributed by atoms with Crippen molar-refractivity contribution < 1.29 is 18.3 Å². The summed E-state index contributed by atoms with van der Waals surface area (Å²) in [4.78, 5) is 1.74. The van der Waals surface area contributed by atoms with Crippen LogP contribution in [0, 0.1) is 12.8 Å². The number of anilines is 1. The Morgan fingerprint density at radius 3 is 2.74 bits per heavy atom. The highest BCUT2D eigenvalue weighted by molar-refractivity contribution is 5.55. The molecule has 106 valence electrons. The molecule has 5 heteroatoms. The fraction of sp³-hybridized carbons (Fsp3) is 0.571. The molecule has 19 heavy (non-hydrogen) atoms. The van der Waals surface area contributed by atoms with Crippen LogP contribution in [0.25, 0.3) is 0 Å². The highest BCUT2D eigenvalue weighted by Gasteiger charge is 2.42. The maximum Gasteiger partial charge on any atom is 0.393 e. The van der Waals surface area contributed by atoms with Gasteiger partial charge in [-0.3, -0.25) is 0 Å². The Labute approximate surface area is 110 Å². The van der Waals surface area contributed by atoms with Gasteiger partial charge in [0.2, 0.25) is 0 Å². The Morgan fingerprint density at radius 1 is 1.37 bits per heavy atom. The van der Waals surface area contributed by atoms with Crippen LogP contribution in [0.1, 0.15) is 24.0 Å². The van der Waals surface area contributed by atoms with Gasteiger partial charge < -0.3 is 10.0 Å². The molecule has 1 saturated heterocycles. The lowest BCUT2D eigenvalue weighted by molar-refractivity contribution is -0.176. The third-order valence-electron chi connectivity index (χ3n) is 3.63. The van der Waals surface area contributed by atoms with Crippen molar-refractivity contribution in [3.8, 4) is 0 Å². The third kappa shape index (κ3) is 3.21. The molecule has 1 N–H and O–H groups in total. The fourth-order valence-corrected chi connectivity index (χ4v) is 2.61. The van der Waals surface area contributed by atoms with Crippen molar-refractivity contribution in [2.75, 3.05) is 18.0 Å². The summed E-state index contributed by atoms with van der Waals surface area (Å²) in [5, 5.41) is 9.35. The van der Waals surface area contributed by atoms with E-state index in [0.717, 1.165) is 11.3 Å². The van der Waals surface area contributed by atoms with Crippen LogP contribution in [0.3, 0.4) is 0 Å². The van der Waals surface area contributed by atoms with E-state index in [2.05, 4.69) is 0 Å². The Balaban J connectivity index is 2.22. The van der Waals surface area contributed by atoms with Gasteiger partial charge in [-0.1, -0.05) is 17.7 Å². The molecule has 0 aliphatic carbocycles. The molecule has 0 radical (unpaired) electrons. The minimum Gasteiger partial charge on any atom is -0.392 e.